The number of benzodiazepines with no additional fused rings is 1. The number of nitrogens with zero attached hydrogens (tertiary/aromatic N) is 5. The van der Waals surface area contributed by atoms with Crippen molar-refractivity contribution in [3.05, 3.63) is 71.9 Å². The topological polar surface area (TPSA) is 136 Å². The molecular formula is C24H22N8O2. The summed E-state index contributed by atoms with van der Waals surface area (Å²) < 4.78 is 7.65. The SMILES string of the molecule is Nc1nn(C2CCC2)cc1-c1nnc(N[C@H]2N=C(c3ccccc3)c3ccccc3NC2=O)o1. The molecule has 2 aromatic carbocycles. The number of aromatic nitrogens is 4. The highest BCUT2D eigenvalue weighted by atomic mass is 16.4. The van der Waals surface area contributed by atoms with Crippen LogP contribution < -0.4 is 16.4 Å². The average Bonchev–Trinajstić information content (AvgIpc) is 3.39. The number of fused-ring (bicyclic) bond motifs is 1. The lowest BCUT2D eigenvalue weighted by atomic mass is 9.93. The number of benzene rings is 2. The number of carbonyl (C=O) groups is 1. The average molecular weight is 454 g/mol. The van der Waals surface area contributed by atoms with Gasteiger partial charge in [0.05, 0.1) is 17.4 Å². The number of nitrogens with two attached hydrogens (primary N) is 1. The summed E-state index contributed by atoms with van der Waals surface area (Å²) >= 11 is 0. The molecule has 1 saturated carbocycles. The highest BCUT2D eigenvalue weighted by Gasteiger charge is 2.28. The van der Waals surface area contributed by atoms with Gasteiger partial charge in [0.2, 0.25) is 6.17 Å². The molecule has 1 fully saturated rings. The van der Waals surface area contributed by atoms with Crippen LogP contribution in [-0.4, -0.2) is 37.8 Å². The lowest BCUT2D eigenvalue weighted by Gasteiger charge is -2.25. The molecule has 34 heavy (non-hydrogen) atoms. The van der Waals surface area contributed by atoms with Gasteiger partial charge in [-0.25, -0.2) is 4.99 Å². The minimum Gasteiger partial charge on any atom is -0.403 e. The van der Waals surface area contributed by atoms with E-state index in [-0.39, 0.29) is 17.8 Å². The molecule has 170 valence electrons. The Bertz CT molecular complexity index is 1390. The Morgan fingerprint density at radius 1 is 1.03 bits per heavy atom. The zero-order valence-electron chi connectivity index (χ0n) is 18.2. The Morgan fingerprint density at radius 3 is 2.62 bits per heavy atom. The number of hydrogen-bond acceptors (Lipinski definition) is 8. The van der Waals surface area contributed by atoms with Gasteiger partial charge >= 0.3 is 6.01 Å². The fraction of sp³-hybridized carbons (Fsp3) is 0.208. The highest BCUT2D eigenvalue weighted by Crippen LogP contribution is 2.34. The predicted molar refractivity (Wildman–Crippen MR) is 127 cm³/mol. The molecular weight excluding hydrogens is 432 g/mol. The van der Waals surface area contributed by atoms with E-state index >= 15 is 0 Å². The van der Waals surface area contributed by atoms with Crippen LogP contribution >= 0.6 is 0 Å². The van der Waals surface area contributed by atoms with Gasteiger partial charge in [-0.05, 0) is 25.3 Å². The van der Waals surface area contributed by atoms with E-state index < -0.39 is 6.17 Å². The Hall–Kier alpha value is -4.47. The van der Waals surface area contributed by atoms with Crippen LogP contribution in [0.5, 0.6) is 0 Å². The van der Waals surface area contributed by atoms with Crippen molar-refractivity contribution in [3.63, 3.8) is 0 Å². The van der Waals surface area contributed by atoms with Crippen molar-refractivity contribution in [2.24, 2.45) is 4.99 Å². The molecule has 4 N–H and O–H groups in total. The van der Waals surface area contributed by atoms with Crippen molar-refractivity contribution < 1.29 is 9.21 Å². The van der Waals surface area contributed by atoms with E-state index in [1.165, 1.54) is 6.42 Å². The molecule has 4 aromatic rings. The Morgan fingerprint density at radius 2 is 1.82 bits per heavy atom. The predicted octanol–water partition coefficient (Wildman–Crippen LogP) is 3.47. The second-order valence-corrected chi connectivity index (χ2v) is 8.33. The van der Waals surface area contributed by atoms with Crippen molar-refractivity contribution in [2.45, 2.75) is 31.5 Å². The molecule has 10 heteroatoms. The second-order valence-electron chi connectivity index (χ2n) is 8.33. The normalized spacial score (nSPS) is 17.8. The van der Waals surface area contributed by atoms with Gasteiger partial charge in [-0.3, -0.25) is 9.48 Å². The van der Waals surface area contributed by atoms with E-state index in [4.69, 9.17) is 15.1 Å². The standard InChI is InChI=1S/C24H22N8O2/c25-20-17(13-32(31-20)15-9-6-10-15)23-29-30-24(34-23)28-21-22(33)26-18-12-5-4-11-16(18)19(27-21)14-7-2-1-3-8-14/h1-5,7-8,11-13,15,21H,6,9-10H2,(H2,25,31)(H,26,33)(H,28,30)/t21-/m1/s1. The Labute approximate surface area is 194 Å². The van der Waals surface area contributed by atoms with Crippen LogP contribution in [0, 0.1) is 0 Å². The fourth-order valence-corrected chi connectivity index (χ4v) is 4.10. The van der Waals surface area contributed by atoms with E-state index in [9.17, 15) is 4.79 Å². The first-order chi connectivity index (χ1) is 16.7. The van der Waals surface area contributed by atoms with Crippen LogP contribution in [0.25, 0.3) is 11.5 Å². The third kappa shape index (κ3) is 3.58. The second kappa shape index (κ2) is 8.14. The van der Waals surface area contributed by atoms with E-state index in [0.717, 1.165) is 24.0 Å². The quantitative estimate of drug-likeness (QED) is 0.420. The summed E-state index contributed by atoms with van der Waals surface area (Å²) in [7, 11) is 0. The van der Waals surface area contributed by atoms with Gasteiger partial charge in [0.1, 0.15) is 5.56 Å². The van der Waals surface area contributed by atoms with Crippen LogP contribution in [-0.2, 0) is 4.79 Å². The zero-order valence-corrected chi connectivity index (χ0v) is 18.2. The largest absolute Gasteiger partial charge is 0.403 e. The maximum atomic E-state index is 13.0. The smallest absolute Gasteiger partial charge is 0.317 e. The molecule has 1 atom stereocenters. The molecule has 1 amide bonds. The van der Waals surface area contributed by atoms with Gasteiger partial charge in [0.15, 0.2) is 5.82 Å². The Balaban J connectivity index is 1.31. The summed E-state index contributed by atoms with van der Waals surface area (Å²) in [6.07, 6.45) is 4.20. The highest BCUT2D eigenvalue weighted by molar-refractivity contribution is 6.19. The lowest BCUT2D eigenvalue weighted by molar-refractivity contribution is -0.116. The minimum absolute atomic E-state index is 0.0630. The van der Waals surface area contributed by atoms with Gasteiger partial charge in [-0.1, -0.05) is 53.6 Å². The first-order valence-electron chi connectivity index (χ1n) is 11.1. The van der Waals surface area contributed by atoms with E-state index in [2.05, 4.69) is 25.9 Å². The molecule has 2 aromatic heterocycles. The van der Waals surface area contributed by atoms with Crippen LogP contribution in [0.1, 0.15) is 36.4 Å². The maximum absolute atomic E-state index is 13.0. The van der Waals surface area contributed by atoms with Crippen molar-refractivity contribution in [2.75, 3.05) is 16.4 Å². The molecule has 1 aliphatic heterocycles. The summed E-state index contributed by atoms with van der Waals surface area (Å²) in [4.78, 5) is 17.7. The monoisotopic (exact) mass is 454 g/mol. The molecule has 0 unspecified atom stereocenters. The van der Waals surface area contributed by atoms with Crippen molar-refractivity contribution in [3.8, 4) is 11.5 Å². The van der Waals surface area contributed by atoms with E-state index in [0.29, 0.717) is 28.8 Å². The molecule has 10 nitrogen and oxygen atoms in total. The summed E-state index contributed by atoms with van der Waals surface area (Å²) in [6, 6.07) is 17.7. The van der Waals surface area contributed by atoms with Crippen LogP contribution in [0.15, 0.2) is 70.2 Å². The summed E-state index contributed by atoms with van der Waals surface area (Å²) in [5, 5.41) is 18.4. The van der Waals surface area contributed by atoms with Gasteiger partial charge in [-0.2, -0.15) is 5.10 Å². The molecule has 0 bridgehead atoms. The molecule has 3 heterocycles. The fourth-order valence-electron chi connectivity index (χ4n) is 4.10. The minimum atomic E-state index is -0.981. The van der Waals surface area contributed by atoms with Crippen molar-refractivity contribution in [1.29, 1.82) is 0 Å². The first-order valence-corrected chi connectivity index (χ1v) is 11.1. The number of aliphatic imine (C=N–C) groups is 1. The maximum Gasteiger partial charge on any atom is 0.317 e. The molecule has 0 saturated heterocycles. The van der Waals surface area contributed by atoms with Gasteiger partial charge in [0, 0.05) is 17.3 Å². The summed E-state index contributed by atoms with van der Waals surface area (Å²) in [6.45, 7) is 0. The zero-order chi connectivity index (χ0) is 23.1. The number of hydrogen-bond donors (Lipinski definition) is 3. The molecule has 0 radical (unpaired) electrons. The number of nitrogens with one attached hydrogen (secondary N) is 2. The third-order valence-corrected chi connectivity index (χ3v) is 6.12. The number of anilines is 3. The number of carbonyl (C=O) groups excluding carboxylic acids is 1. The van der Waals surface area contributed by atoms with Crippen molar-refractivity contribution in [1.82, 2.24) is 20.0 Å². The van der Waals surface area contributed by atoms with Crippen LogP contribution in [0.2, 0.25) is 0 Å². The van der Waals surface area contributed by atoms with E-state index in [1.54, 1.807) is 0 Å². The molecule has 1 aliphatic carbocycles. The number of amides is 1. The number of rotatable bonds is 5. The molecule has 2 aliphatic rings. The molecule has 6 rings (SSSR count). The van der Waals surface area contributed by atoms with Gasteiger partial charge in [0.25, 0.3) is 11.8 Å². The van der Waals surface area contributed by atoms with E-state index in [1.807, 2.05) is 65.5 Å². The van der Waals surface area contributed by atoms with Crippen LogP contribution in [0.4, 0.5) is 17.5 Å². The van der Waals surface area contributed by atoms with Crippen molar-refractivity contribution >= 4 is 29.1 Å². The van der Waals surface area contributed by atoms with Crippen LogP contribution in [0.3, 0.4) is 0 Å². The molecule has 0 spiro atoms. The lowest BCUT2D eigenvalue weighted by Crippen LogP contribution is -2.32. The summed E-state index contributed by atoms with van der Waals surface area (Å²) in [5.74, 6) is 0.222. The Kier molecular flexibility index (Phi) is 4.83. The number of nitrogen functional groups attached to an aromatic ring is 1. The third-order valence-electron chi connectivity index (χ3n) is 6.12. The summed E-state index contributed by atoms with van der Waals surface area (Å²) in [5.41, 5.74) is 9.74. The van der Waals surface area contributed by atoms with Gasteiger partial charge in [-0.15, -0.1) is 5.10 Å². The number of para-hydroxylation sites is 1. The first kappa shape index (κ1) is 20.2. The van der Waals surface area contributed by atoms with Gasteiger partial charge < -0.3 is 20.8 Å².